The van der Waals surface area contributed by atoms with Gasteiger partial charge in [0.1, 0.15) is 0 Å². The van der Waals surface area contributed by atoms with Crippen LogP contribution in [-0.4, -0.2) is 38.9 Å². The number of rotatable bonds is 7. The summed E-state index contributed by atoms with van der Waals surface area (Å²) in [6.45, 7) is 7.24. The van der Waals surface area contributed by atoms with Gasteiger partial charge >= 0.3 is 0 Å². The van der Waals surface area contributed by atoms with E-state index in [-0.39, 0.29) is 29.5 Å². The lowest BCUT2D eigenvalue weighted by Gasteiger charge is -2.19. The number of anilines is 1. The second-order valence-electron chi connectivity index (χ2n) is 10.4. The molecule has 4 aromatic rings. The summed E-state index contributed by atoms with van der Waals surface area (Å²) in [5.41, 5.74) is 4.65. The molecule has 39 heavy (non-hydrogen) atoms. The van der Waals surface area contributed by atoms with E-state index in [4.69, 9.17) is 11.6 Å². The molecule has 0 unspecified atom stereocenters. The lowest BCUT2D eigenvalue weighted by molar-refractivity contribution is -0.116. The summed E-state index contributed by atoms with van der Waals surface area (Å²) in [4.78, 5) is 27.9. The Labute approximate surface area is 237 Å². The monoisotopic (exact) mass is 559 g/mol. The Morgan fingerprint density at radius 2 is 1.77 bits per heavy atom. The largest absolute Gasteiger partial charge is 0.345 e. The first-order valence-electron chi connectivity index (χ1n) is 12.8. The SMILES string of the molecule is CC(C)(C)c1ccc(C(=O)NCc2nnc(SCC(=O)N3CCc4ccccc43)n2-c2cccc(Cl)c2)cc1. The zero-order chi connectivity index (χ0) is 27.6. The molecule has 1 aromatic heterocycles. The molecule has 0 aliphatic carbocycles. The normalized spacial score (nSPS) is 12.9. The fraction of sp³-hybridized carbons (Fsp3) is 0.267. The van der Waals surface area contributed by atoms with Gasteiger partial charge in [-0.05, 0) is 59.4 Å². The Morgan fingerprint density at radius 3 is 2.51 bits per heavy atom. The summed E-state index contributed by atoms with van der Waals surface area (Å²) in [5.74, 6) is 0.560. The number of nitrogens with one attached hydrogen (secondary N) is 1. The summed E-state index contributed by atoms with van der Waals surface area (Å²) < 4.78 is 1.84. The van der Waals surface area contributed by atoms with Crippen LogP contribution in [0.25, 0.3) is 5.69 Å². The van der Waals surface area contributed by atoms with Crippen LogP contribution < -0.4 is 10.2 Å². The standard InChI is InChI=1S/C30H30ClN5O2S/c1-30(2,3)22-13-11-21(12-14-22)28(38)32-18-26-33-34-29(36(26)24-9-6-8-23(31)17-24)39-19-27(37)35-16-15-20-7-4-5-10-25(20)35/h4-14,17H,15-16,18-19H2,1-3H3,(H,32,38). The van der Waals surface area contributed by atoms with Crippen molar-refractivity contribution in [2.75, 3.05) is 17.2 Å². The number of halogens is 1. The van der Waals surface area contributed by atoms with E-state index in [9.17, 15) is 9.59 Å². The molecule has 0 fully saturated rings. The van der Waals surface area contributed by atoms with Crippen LogP contribution in [0.5, 0.6) is 0 Å². The zero-order valence-corrected chi connectivity index (χ0v) is 23.7. The van der Waals surface area contributed by atoms with E-state index in [1.54, 1.807) is 6.07 Å². The maximum atomic E-state index is 13.1. The summed E-state index contributed by atoms with van der Waals surface area (Å²) in [6, 6.07) is 23.0. The Hall–Kier alpha value is -3.62. The number of nitrogens with zero attached hydrogens (tertiary/aromatic N) is 4. The topological polar surface area (TPSA) is 80.1 Å². The van der Waals surface area contributed by atoms with Crippen LogP contribution in [-0.2, 0) is 23.2 Å². The van der Waals surface area contributed by atoms with Gasteiger partial charge in [0.25, 0.3) is 5.91 Å². The molecule has 1 aliphatic rings. The molecule has 1 N–H and O–H groups in total. The van der Waals surface area contributed by atoms with E-state index in [1.165, 1.54) is 17.3 Å². The van der Waals surface area contributed by atoms with Gasteiger partial charge in [0.2, 0.25) is 5.91 Å². The first-order chi connectivity index (χ1) is 18.7. The molecule has 0 radical (unpaired) electrons. The smallest absolute Gasteiger partial charge is 0.251 e. The van der Waals surface area contributed by atoms with E-state index in [0.717, 1.165) is 23.4 Å². The van der Waals surface area contributed by atoms with Crippen LogP contribution in [0.15, 0.2) is 78.0 Å². The highest BCUT2D eigenvalue weighted by Gasteiger charge is 2.25. The summed E-state index contributed by atoms with van der Waals surface area (Å²) in [6.07, 6.45) is 0.855. The van der Waals surface area contributed by atoms with Crippen molar-refractivity contribution >= 4 is 40.9 Å². The lowest BCUT2D eigenvalue weighted by Crippen LogP contribution is -2.30. The molecule has 2 heterocycles. The number of fused-ring (bicyclic) bond motifs is 1. The molecule has 5 rings (SSSR count). The number of carbonyl (C=O) groups is 2. The molecule has 7 nitrogen and oxygen atoms in total. The number of hydrogen-bond donors (Lipinski definition) is 1. The summed E-state index contributed by atoms with van der Waals surface area (Å²) >= 11 is 7.60. The molecule has 0 saturated carbocycles. The number of amides is 2. The third kappa shape index (κ3) is 6.02. The van der Waals surface area contributed by atoms with Crippen molar-refractivity contribution in [3.63, 3.8) is 0 Å². The van der Waals surface area contributed by atoms with Crippen molar-refractivity contribution in [3.8, 4) is 5.69 Å². The van der Waals surface area contributed by atoms with Gasteiger partial charge in [-0.25, -0.2) is 0 Å². The highest BCUT2D eigenvalue weighted by molar-refractivity contribution is 7.99. The molecule has 200 valence electrons. The number of carbonyl (C=O) groups excluding carboxylic acids is 2. The van der Waals surface area contributed by atoms with Crippen molar-refractivity contribution in [3.05, 3.63) is 100 Å². The predicted octanol–water partition coefficient (Wildman–Crippen LogP) is 5.83. The Balaban J connectivity index is 1.32. The van der Waals surface area contributed by atoms with Crippen LogP contribution in [0, 0.1) is 0 Å². The number of aromatic nitrogens is 3. The summed E-state index contributed by atoms with van der Waals surface area (Å²) in [7, 11) is 0. The van der Waals surface area contributed by atoms with Crippen LogP contribution >= 0.6 is 23.4 Å². The quantitative estimate of drug-likeness (QED) is 0.288. The molecule has 2 amide bonds. The van der Waals surface area contributed by atoms with Gasteiger partial charge < -0.3 is 10.2 Å². The lowest BCUT2D eigenvalue weighted by atomic mass is 9.87. The van der Waals surface area contributed by atoms with Gasteiger partial charge in [-0.2, -0.15) is 0 Å². The Kier molecular flexibility index (Phi) is 7.77. The first-order valence-corrected chi connectivity index (χ1v) is 14.2. The van der Waals surface area contributed by atoms with E-state index in [0.29, 0.717) is 28.1 Å². The number of para-hydroxylation sites is 1. The van der Waals surface area contributed by atoms with Crippen molar-refractivity contribution in [2.45, 2.75) is 44.3 Å². The number of hydrogen-bond acceptors (Lipinski definition) is 5. The van der Waals surface area contributed by atoms with E-state index < -0.39 is 0 Å². The van der Waals surface area contributed by atoms with Crippen LogP contribution in [0.2, 0.25) is 5.02 Å². The fourth-order valence-corrected chi connectivity index (χ4v) is 5.60. The fourth-order valence-electron chi connectivity index (χ4n) is 4.57. The van der Waals surface area contributed by atoms with Gasteiger partial charge in [-0.1, -0.05) is 80.5 Å². The summed E-state index contributed by atoms with van der Waals surface area (Å²) in [5, 5.41) is 12.8. The maximum Gasteiger partial charge on any atom is 0.251 e. The highest BCUT2D eigenvalue weighted by atomic mass is 35.5. The Morgan fingerprint density at radius 1 is 1.00 bits per heavy atom. The van der Waals surface area contributed by atoms with E-state index in [2.05, 4.69) is 42.4 Å². The molecule has 9 heteroatoms. The zero-order valence-electron chi connectivity index (χ0n) is 22.1. The van der Waals surface area contributed by atoms with Crippen molar-refractivity contribution in [2.24, 2.45) is 0 Å². The molecule has 0 atom stereocenters. The van der Waals surface area contributed by atoms with Gasteiger partial charge in [-0.15, -0.1) is 10.2 Å². The van der Waals surface area contributed by atoms with Crippen LogP contribution in [0.3, 0.4) is 0 Å². The van der Waals surface area contributed by atoms with Gasteiger partial charge in [0.05, 0.1) is 18.0 Å². The minimum Gasteiger partial charge on any atom is -0.345 e. The third-order valence-corrected chi connectivity index (χ3v) is 7.85. The maximum absolute atomic E-state index is 13.1. The minimum absolute atomic E-state index is 0.00992. The van der Waals surface area contributed by atoms with Gasteiger partial charge in [0, 0.05) is 22.8 Å². The van der Waals surface area contributed by atoms with Gasteiger partial charge in [0.15, 0.2) is 11.0 Å². The third-order valence-electron chi connectivity index (χ3n) is 6.70. The minimum atomic E-state index is -0.201. The van der Waals surface area contributed by atoms with Crippen LogP contribution in [0.4, 0.5) is 5.69 Å². The second kappa shape index (κ2) is 11.2. The van der Waals surface area contributed by atoms with Crippen molar-refractivity contribution in [1.29, 1.82) is 0 Å². The average molecular weight is 560 g/mol. The highest BCUT2D eigenvalue weighted by Crippen LogP contribution is 2.30. The van der Waals surface area contributed by atoms with Gasteiger partial charge in [-0.3, -0.25) is 14.2 Å². The van der Waals surface area contributed by atoms with Crippen LogP contribution in [0.1, 0.15) is 48.1 Å². The molecule has 0 bridgehead atoms. The number of thioether (sulfide) groups is 1. The number of benzene rings is 3. The predicted molar refractivity (Wildman–Crippen MR) is 156 cm³/mol. The first kappa shape index (κ1) is 27.0. The molecule has 0 saturated heterocycles. The van der Waals surface area contributed by atoms with Crippen molar-refractivity contribution in [1.82, 2.24) is 20.1 Å². The molecular formula is C30H30ClN5O2S. The second-order valence-corrected chi connectivity index (χ2v) is 11.8. The van der Waals surface area contributed by atoms with E-state index >= 15 is 0 Å². The Bertz CT molecular complexity index is 1510. The molecule has 0 spiro atoms. The molecular weight excluding hydrogens is 530 g/mol. The average Bonchev–Trinajstić information content (AvgIpc) is 3.54. The van der Waals surface area contributed by atoms with Crippen molar-refractivity contribution < 1.29 is 9.59 Å². The molecule has 1 aliphatic heterocycles. The van der Waals surface area contributed by atoms with E-state index in [1.807, 2.05) is 70.1 Å². The molecule has 3 aromatic carbocycles.